The van der Waals surface area contributed by atoms with E-state index in [9.17, 15) is 0 Å². The van der Waals surface area contributed by atoms with Crippen LogP contribution in [0, 0.1) is 6.92 Å². The summed E-state index contributed by atoms with van der Waals surface area (Å²) >= 11 is 0. The molecule has 0 N–H and O–H groups in total. The molecule has 3 aromatic carbocycles. The van der Waals surface area contributed by atoms with Crippen LogP contribution in [-0.2, 0) is 11.0 Å². The molecule has 1 aliphatic carbocycles. The standard InChI is InChI=1S/C26H25NO/c1-16-13-24-19(18-9-5-8-12-23(18)28-24)14-22(16)27-17(2)25(3)15-26(27,4)21-11-7-6-10-20(21)25/h5-14,17H,15H2,1-4H3/t17-,25?,26?/m0/s1. The lowest BCUT2D eigenvalue weighted by Gasteiger charge is -2.46. The van der Waals surface area contributed by atoms with Gasteiger partial charge in [-0.25, -0.2) is 0 Å². The molecule has 140 valence electrons. The monoisotopic (exact) mass is 367 g/mol. The van der Waals surface area contributed by atoms with Gasteiger partial charge in [0.05, 0.1) is 5.54 Å². The lowest BCUT2D eigenvalue weighted by molar-refractivity contribution is 0.450. The van der Waals surface area contributed by atoms with Crippen molar-refractivity contribution < 1.29 is 4.42 Å². The minimum Gasteiger partial charge on any atom is -0.456 e. The van der Waals surface area contributed by atoms with E-state index in [4.69, 9.17) is 4.42 Å². The van der Waals surface area contributed by atoms with Gasteiger partial charge in [0.15, 0.2) is 0 Å². The van der Waals surface area contributed by atoms with Crippen molar-refractivity contribution >= 4 is 27.6 Å². The predicted octanol–water partition coefficient (Wildman–Crippen LogP) is 6.68. The number of furan rings is 1. The molecule has 0 amide bonds. The van der Waals surface area contributed by atoms with Gasteiger partial charge in [0.25, 0.3) is 0 Å². The Hall–Kier alpha value is -2.74. The van der Waals surface area contributed by atoms with Crippen LogP contribution in [0.4, 0.5) is 5.69 Å². The average molecular weight is 367 g/mol. The second-order valence-electron chi connectivity index (χ2n) is 9.19. The number of benzene rings is 3. The summed E-state index contributed by atoms with van der Waals surface area (Å²) in [7, 11) is 0. The lowest BCUT2D eigenvalue weighted by Crippen LogP contribution is -2.48. The van der Waals surface area contributed by atoms with Gasteiger partial charge >= 0.3 is 0 Å². The molecule has 1 fully saturated rings. The Labute approximate surface area is 165 Å². The number of aryl methyl sites for hydroxylation is 1. The van der Waals surface area contributed by atoms with Gasteiger partial charge in [0.2, 0.25) is 0 Å². The molecule has 4 aromatic rings. The first-order valence-electron chi connectivity index (χ1n) is 10.2. The molecule has 2 unspecified atom stereocenters. The van der Waals surface area contributed by atoms with Crippen LogP contribution in [0.15, 0.2) is 65.1 Å². The molecular formula is C26H25NO. The van der Waals surface area contributed by atoms with Crippen molar-refractivity contribution in [2.45, 2.75) is 51.1 Å². The third-order valence-electron chi connectivity index (χ3n) is 7.63. The highest BCUT2D eigenvalue weighted by Crippen LogP contribution is 2.62. The van der Waals surface area contributed by atoms with Crippen molar-refractivity contribution in [2.24, 2.45) is 0 Å². The van der Waals surface area contributed by atoms with E-state index in [1.54, 1.807) is 0 Å². The zero-order valence-corrected chi connectivity index (χ0v) is 16.9. The molecule has 3 atom stereocenters. The first-order chi connectivity index (χ1) is 13.4. The van der Waals surface area contributed by atoms with Crippen LogP contribution in [0.2, 0.25) is 0 Å². The molecule has 0 saturated carbocycles. The lowest BCUT2D eigenvalue weighted by atomic mass is 9.78. The second-order valence-corrected chi connectivity index (χ2v) is 9.19. The Kier molecular flexibility index (Phi) is 2.90. The highest BCUT2D eigenvalue weighted by Gasteiger charge is 2.61. The maximum absolute atomic E-state index is 6.12. The second kappa shape index (κ2) is 5.00. The number of hydrogen-bond acceptors (Lipinski definition) is 2. The van der Waals surface area contributed by atoms with Crippen LogP contribution < -0.4 is 4.90 Å². The Morgan fingerprint density at radius 3 is 2.43 bits per heavy atom. The number of nitrogens with zero attached hydrogens (tertiary/aromatic N) is 1. The Bertz CT molecular complexity index is 1270. The van der Waals surface area contributed by atoms with Crippen molar-refractivity contribution in [1.82, 2.24) is 0 Å². The molecule has 1 aromatic heterocycles. The largest absolute Gasteiger partial charge is 0.456 e. The van der Waals surface area contributed by atoms with Crippen molar-refractivity contribution in [2.75, 3.05) is 4.90 Å². The van der Waals surface area contributed by atoms with Crippen LogP contribution >= 0.6 is 0 Å². The van der Waals surface area contributed by atoms with Crippen LogP contribution in [0.3, 0.4) is 0 Å². The normalized spacial score (nSPS) is 28.4. The molecule has 2 heterocycles. The summed E-state index contributed by atoms with van der Waals surface area (Å²) in [6.07, 6.45) is 1.17. The zero-order chi connectivity index (χ0) is 19.3. The zero-order valence-electron chi connectivity index (χ0n) is 16.9. The maximum Gasteiger partial charge on any atom is 0.135 e. The fraction of sp³-hybridized carbons (Fsp3) is 0.308. The summed E-state index contributed by atoms with van der Waals surface area (Å²) in [5, 5.41) is 2.42. The maximum atomic E-state index is 6.12. The molecule has 28 heavy (non-hydrogen) atoms. The van der Waals surface area contributed by atoms with Gasteiger partial charge in [-0.15, -0.1) is 0 Å². The van der Waals surface area contributed by atoms with Gasteiger partial charge in [-0.2, -0.15) is 0 Å². The molecular weight excluding hydrogens is 342 g/mol. The van der Waals surface area contributed by atoms with Crippen LogP contribution in [-0.4, -0.2) is 6.04 Å². The molecule has 2 bridgehead atoms. The number of anilines is 1. The molecule has 1 saturated heterocycles. The van der Waals surface area contributed by atoms with Gasteiger partial charge in [-0.3, -0.25) is 0 Å². The number of hydrogen-bond donors (Lipinski definition) is 0. The van der Waals surface area contributed by atoms with Crippen molar-refractivity contribution in [3.8, 4) is 0 Å². The number of fused-ring (bicyclic) bond motifs is 8. The summed E-state index contributed by atoms with van der Waals surface area (Å²) in [4.78, 5) is 2.69. The fourth-order valence-electron chi connectivity index (χ4n) is 6.25. The van der Waals surface area contributed by atoms with Crippen LogP contribution in [0.1, 0.15) is 43.9 Å². The van der Waals surface area contributed by atoms with E-state index < -0.39 is 0 Å². The number of para-hydroxylation sites is 1. The summed E-state index contributed by atoms with van der Waals surface area (Å²) in [5.74, 6) is 0. The van der Waals surface area contributed by atoms with E-state index in [1.165, 1.54) is 39.6 Å². The van der Waals surface area contributed by atoms with E-state index in [0.29, 0.717) is 6.04 Å². The smallest absolute Gasteiger partial charge is 0.135 e. The summed E-state index contributed by atoms with van der Waals surface area (Å²) in [5.41, 5.74) is 7.82. The molecule has 1 aliphatic heterocycles. The van der Waals surface area contributed by atoms with Gasteiger partial charge in [0, 0.05) is 27.9 Å². The van der Waals surface area contributed by atoms with Gasteiger partial charge < -0.3 is 9.32 Å². The van der Waals surface area contributed by atoms with Crippen LogP contribution in [0.5, 0.6) is 0 Å². The van der Waals surface area contributed by atoms with E-state index in [-0.39, 0.29) is 11.0 Å². The first-order valence-corrected chi connectivity index (χ1v) is 10.2. The SMILES string of the molecule is Cc1cc2oc3ccccc3c2cc1N1[C@@H](C)C2(C)CC1(C)c1ccccc12. The van der Waals surface area contributed by atoms with Crippen LogP contribution in [0.25, 0.3) is 21.9 Å². The molecule has 2 aliphatic rings. The van der Waals surface area contributed by atoms with Crippen molar-refractivity contribution in [3.63, 3.8) is 0 Å². The third-order valence-corrected chi connectivity index (χ3v) is 7.63. The minimum absolute atomic E-state index is 0.0305. The highest BCUT2D eigenvalue weighted by atomic mass is 16.3. The van der Waals surface area contributed by atoms with E-state index in [1.807, 2.05) is 6.07 Å². The fourth-order valence-corrected chi connectivity index (χ4v) is 6.25. The highest BCUT2D eigenvalue weighted by molar-refractivity contribution is 6.06. The number of rotatable bonds is 1. The average Bonchev–Trinajstić information content (AvgIpc) is 3.23. The van der Waals surface area contributed by atoms with Crippen molar-refractivity contribution in [3.05, 3.63) is 77.4 Å². The Morgan fingerprint density at radius 2 is 1.61 bits per heavy atom. The molecule has 0 spiro atoms. The third kappa shape index (κ3) is 1.75. The summed E-state index contributed by atoms with van der Waals surface area (Å²) in [6, 6.07) is 22.5. The van der Waals surface area contributed by atoms with E-state index in [0.717, 1.165) is 11.2 Å². The molecule has 6 rings (SSSR count). The Morgan fingerprint density at radius 1 is 0.893 bits per heavy atom. The Balaban J connectivity index is 1.62. The predicted molar refractivity (Wildman–Crippen MR) is 116 cm³/mol. The summed E-state index contributed by atoms with van der Waals surface area (Å²) < 4.78 is 6.12. The molecule has 2 nitrogen and oxygen atoms in total. The summed E-state index contributed by atoms with van der Waals surface area (Å²) in [6.45, 7) is 9.50. The molecule has 0 radical (unpaired) electrons. The van der Waals surface area contributed by atoms with Gasteiger partial charge in [-0.05, 0) is 62.1 Å². The quantitative estimate of drug-likeness (QED) is 0.373. The molecule has 2 heteroatoms. The van der Waals surface area contributed by atoms with E-state index in [2.05, 4.69) is 87.2 Å². The van der Waals surface area contributed by atoms with Crippen molar-refractivity contribution in [1.29, 1.82) is 0 Å². The van der Waals surface area contributed by atoms with Gasteiger partial charge in [-0.1, -0.05) is 49.4 Å². The van der Waals surface area contributed by atoms with E-state index >= 15 is 0 Å². The first kappa shape index (κ1) is 16.2. The minimum atomic E-state index is 0.0305. The topological polar surface area (TPSA) is 16.4 Å². The van der Waals surface area contributed by atoms with Gasteiger partial charge in [0.1, 0.15) is 11.2 Å².